The SMILES string of the molecule is Br.CCCn1c(=N)n(CC(=O)c2cc(C(C)(C)C)c(O)c(C(C)(C)C)c2)c2ccccc21. The number of imidazole rings is 1. The van der Waals surface area contributed by atoms with E-state index in [1.54, 1.807) is 4.57 Å². The second kappa shape index (κ2) is 9.26. The van der Waals surface area contributed by atoms with E-state index < -0.39 is 0 Å². The molecule has 0 aliphatic rings. The van der Waals surface area contributed by atoms with E-state index in [2.05, 4.69) is 6.92 Å². The summed E-state index contributed by atoms with van der Waals surface area (Å²) in [4.78, 5) is 13.5. The quantitative estimate of drug-likeness (QED) is 0.415. The smallest absolute Gasteiger partial charge is 0.203 e. The van der Waals surface area contributed by atoms with Gasteiger partial charge < -0.3 is 14.2 Å². The number of nitrogens with one attached hydrogen (secondary N) is 1. The highest BCUT2D eigenvalue weighted by molar-refractivity contribution is 8.93. The van der Waals surface area contributed by atoms with Crippen molar-refractivity contribution in [2.45, 2.75) is 78.8 Å². The molecule has 0 fully saturated rings. The summed E-state index contributed by atoms with van der Waals surface area (Å²) in [5, 5.41) is 19.6. The van der Waals surface area contributed by atoms with Crippen molar-refractivity contribution in [2.24, 2.45) is 0 Å². The topological polar surface area (TPSA) is 71.0 Å². The number of hydrogen-bond acceptors (Lipinski definition) is 3. The molecule has 5 nitrogen and oxygen atoms in total. The Hall–Kier alpha value is -2.34. The van der Waals surface area contributed by atoms with Crippen LogP contribution in [0.2, 0.25) is 0 Å². The van der Waals surface area contributed by atoms with E-state index in [0.29, 0.717) is 11.2 Å². The Bertz CT molecular complexity index is 1160. The second-order valence-electron chi connectivity index (χ2n) is 10.4. The molecule has 6 heteroatoms. The van der Waals surface area contributed by atoms with Gasteiger partial charge in [0.05, 0.1) is 17.6 Å². The van der Waals surface area contributed by atoms with Crippen molar-refractivity contribution in [3.63, 3.8) is 0 Å². The van der Waals surface area contributed by atoms with E-state index in [1.807, 2.05) is 82.5 Å². The van der Waals surface area contributed by atoms with Crippen molar-refractivity contribution >= 4 is 33.8 Å². The van der Waals surface area contributed by atoms with Crippen molar-refractivity contribution < 1.29 is 9.90 Å². The number of Topliss-reactive ketones (excluding diaryl/α,β-unsaturated/α-hetero) is 1. The number of nitrogens with zero attached hydrogens (tertiary/aromatic N) is 2. The van der Waals surface area contributed by atoms with Crippen LogP contribution in [-0.2, 0) is 23.9 Å². The van der Waals surface area contributed by atoms with Gasteiger partial charge >= 0.3 is 0 Å². The zero-order chi connectivity index (χ0) is 23.1. The number of hydrogen-bond donors (Lipinski definition) is 2. The van der Waals surface area contributed by atoms with Crippen LogP contribution in [-0.4, -0.2) is 20.0 Å². The number of aromatic hydroxyl groups is 1. The number of carbonyl (C=O) groups is 1. The summed E-state index contributed by atoms with van der Waals surface area (Å²) in [6, 6.07) is 11.5. The average molecular weight is 502 g/mol. The Kier molecular flexibility index (Phi) is 7.50. The molecule has 32 heavy (non-hydrogen) atoms. The first kappa shape index (κ1) is 25.9. The number of halogens is 1. The third-order valence-corrected chi connectivity index (χ3v) is 5.77. The molecular weight excluding hydrogens is 466 g/mol. The first-order valence-electron chi connectivity index (χ1n) is 11.0. The highest BCUT2D eigenvalue weighted by Crippen LogP contribution is 2.40. The third kappa shape index (κ3) is 4.85. The van der Waals surface area contributed by atoms with Gasteiger partial charge in [-0.1, -0.05) is 60.6 Å². The van der Waals surface area contributed by atoms with Crippen molar-refractivity contribution in [3.05, 3.63) is 58.7 Å². The number of carbonyl (C=O) groups excluding carboxylic acids is 1. The molecule has 0 atom stereocenters. The molecule has 0 spiro atoms. The number of phenols is 1. The first-order valence-corrected chi connectivity index (χ1v) is 11.0. The molecule has 0 saturated carbocycles. The van der Waals surface area contributed by atoms with Gasteiger partial charge in [0.2, 0.25) is 5.62 Å². The number of ketones is 1. The summed E-state index contributed by atoms with van der Waals surface area (Å²) in [6.07, 6.45) is 0.917. The van der Waals surface area contributed by atoms with Crippen LogP contribution in [0.25, 0.3) is 11.0 Å². The summed E-state index contributed by atoms with van der Waals surface area (Å²) in [5.74, 6) is 0.207. The van der Waals surface area contributed by atoms with E-state index >= 15 is 0 Å². The zero-order valence-electron chi connectivity index (χ0n) is 20.2. The summed E-state index contributed by atoms with van der Waals surface area (Å²) >= 11 is 0. The van der Waals surface area contributed by atoms with Crippen LogP contribution in [0.3, 0.4) is 0 Å². The third-order valence-electron chi connectivity index (χ3n) is 5.77. The Morgan fingerprint density at radius 2 is 1.41 bits per heavy atom. The monoisotopic (exact) mass is 501 g/mol. The molecule has 0 aliphatic heterocycles. The summed E-state index contributed by atoms with van der Waals surface area (Å²) in [5.41, 5.74) is 3.71. The minimum atomic E-state index is -0.300. The number of aromatic nitrogens is 2. The highest BCUT2D eigenvalue weighted by atomic mass is 79.9. The van der Waals surface area contributed by atoms with Gasteiger partial charge in [0, 0.05) is 23.2 Å². The maximum absolute atomic E-state index is 13.5. The molecule has 0 radical (unpaired) electrons. The van der Waals surface area contributed by atoms with E-state index in [4.69, 9.17) is 5.41 Å². The molecule has 0 aliphatic carbocycles. The summed E-state index contributed by atoms with van der Waals surface area (Å²) < 4.78 is 3.74. The lowest BCUT2D eigenvalue weighted by Crippen LogP contribution is -2.28. The maximum Gasteiger partial charge on any atom is 0.203 e. The van der Waals surface area contributed by atoms with Crippen molar-refractivity contribution in [2.75, 3.05) is 0 Å². The summed E-state index contributed by atoms with van der Waals surface area (Å²) in [6.45, 7) is 15.2. The molecule has 0 saturated heterocycles. The van der Waals surface area contributed by atoms with Crippen LogP contribution in [0.5, 0.6) is 5.75 Å². The Labute approximate surface area is 201 Å². The average Bonchev–Trinajstić information content (AvgIpc) is 2.92. The van der Waals surface area contributed by atoms with E-state index in [1.165, 1.54) is 0 Å². The minimum Gasteiger partial charge on any atom is -0.507 e. The first-order chi connectivity index (χ1) is 14.4. The number of aryl methyl sites for hydroxylation is 1. The minimum absolute atomic E-state index is 0. The molecule has 2 N–H and O–H groups in total. The molecule has 174 valence electrons. The van der Waals surface area contributed by atoms with Gasteiger partial charge in [0.1, 0.15) is 5.75 Å². The van der Waals surface area contributed by atoms with E-state index in [0.717, 1.165) is 35.1 Å². The van der Waals surface area contributed by atoms with Crippen molar-refractivity contribution in [1.29, 1.82) is 5.41 Å². The second-order valence-corrected chi connectivity index (χ2v) is 10.4. The van der Waals surface area contributed by atoms with Crippen LogP contribution in [0, 0.1) is 5.41 Å². The predicted octanol–water partition coefficient (Wildman–Crippen LogP) is 6.09. The van der Waals surface area contributed by atoms with Crippen LogP contribution >= 0.6 is 17.0 Å². The fraction of sp³-hybridized carbons (Fsp3) is 0.462. The van der Waals surface area contributed by atoms with Crippen LogP contribution < -0.4 is 5.62 Å². The van der Waals surface area contributed by atoms with Crippen molar-refractivity contribution in [3.8, 4) is 5.75 Å². The lowest BCUT2D eigenvalue weighted by atomic mass is 9.78. The lowest BCUT2D eigenvalue weighted by molar-refractivity contribution is 0.0971. The number of para-hydroxylation sites is 2. The van der Waals surface area contributed by atoms with Crippen LogP contribution in [0.4, 0.5) is 0 Å². The molecule has 0 bridgehead atoms. The molecule has 0 unspecified atom stereocenters. The molecular formula is C26H36BrN3O2. The number of rotatable bonds is 5. The predicted molar refractivity (Wildman–Crippen MR) is 136 cm³/mol. The van der Waals surface area contributed by atoms with Gasteiger partial charge in [-0.05, 0) is 41.5 Å². The Morgan fingerprint density at radius 3 is 1.84 bits per heavy atom. The molecule has 2 aromatic carbocycles. The molecule has 3 rings (SSSR count). The Balaban J connectivity index is 0.00000363. The fourth-order valence-corrected chi connectivity index (χ4v) is 4.08. The molecule has 0 amide bonds. The Morgan fingerprint density at radius 1 is 0.938 bits per heavy atom. The fourth-order valence-electron chi connectivity index (χ4n) is 4.08. The molecule has 1 aromatic heterocycles. The molecule has 3 aromatic rings. The standard InChI is InChI=1S/C26H35N3O2.BrH/c1-8-13-28-20-11-9-10-12-21(20)29(24(28)27)16-22(30)17-14-18(25(2,3)4)23(31)19(15-17)26(5,6)7;/h9-12,14-15,27,31H,8,13,16H2,1-7H3;1H. The molecule has 1 heterocycles. The maximum atomic E-state index is 13.5. The number of fused-ring (bicyclic) bond motifs is 1. The normalized spacial score (nSPS) is 12.1. The van der Waals surface area contributed by atoms with E-state index in [-0.39, 0.29) is 45.9 Å². The van der Waals surface area contributed by atoms with Gasteiger partial charge in [-0.25, -0.2) is 0 Å². The van der Waals surface area contributed by atoms with Gasteiger partial charge in [-0.15, -0.1) is 17.0 Å². The van der Waals surface area contributed by atoms with Gasteiger partial charge in [0.25, 0.3) is 0 Å². The summed E-state index contributed by atoms with van der Waals surface area (Å²) in [7, 11) is 0. The zero-order valence-corrected chi connectivity index (χ0v) is 22.0. The van der Waals surface area contributed by atoms with Crippen LogP contribution in [0.1, 0.15) is 76.4 Å². The highest BCUT2D eigenvalue weighted by Gasteiger charge is 2.28. The number of benzene rings is 2. The van der Waals surface area contributed by atoms with Gasteiger partial charge in [0.15, 0.2) is 5.78 Å². The van der Waals surface area contributed by atoms with Crippen LogP contribution in [0.15, 0.2) is 36.4 Å². The van der Waals surface area contributed by atoms with Crippen molar-refractivity contribution in [1.82, 2.24) is 9.13 Å². The number of phenolic OH excluding ortho intramolecular Hbond substituents is 1. The van der Waals surface area contributed by atoms with Gasteiger partial charge in [-0.2, -0.15) is 0 Å². The van der Waals surface area contributed by atoms with E-state index in [9.17, 15) is 9.90 Å². The lowest BCUT2D eigenvalue weighted by Gasteiger charge is -2.28. The largest absolute Gasteiger partial charge is 0.507 e. The van der Waals surface area contributed by atoms with Gasteiger partial charge in [-0.3, -0.25) is 10.2 Å².